The van der Waals surface area contributed by atoms with Gasteiger partial charge in [-0.3, -0.25) is 9.79 Å². The summed E-state index contributed by atoms with van der Waals surface area (Å²) < 4.78 is 0. The molecule has 3 rings (SSSR count). The van der Waals surface area contributed by atoms with Crippen LogP contribution >= 0.6 is 0 Å². The average Bonchev–Trinajstić information content (AvgIpc) is 2.70. The summed E-state index contributed by atoms with van der Waals surface area (Å²) in [6.45, 7) is 5.41. The fourth-order valence-corrected chi connectivity index (χ4v) is 2.98. The van der Waals surface area contributed by atoms with E-state index in [1.54, 1.807) is 6.20 Å². The van der Waals surface area contributed by atoms with Crippen LogP contribution in [0.15, 0.2) is 53.7 Å². The molecule has 0 radical (unpaired) electrons. The van der Waals surface area contributed by atoms with Crippen molar-refractivity contribution in [1.29, 1.82) is 0 Å². The molecule has 1 aliphatic heterocycles. The number of rotatable bonds is 5. The summed E-state index contributed by atoms with van der Waals surface area (Å²) in [6, 6.07) is 13.8. The van der Waals surface area contributed by atoms with Crippen molar-refractivity contribution in [2.24, 2.45) is 10.7 Å². The number of pyridine rings is 1. The van der Waals surface area contributed by atoms with Crippen molar-refractivity contribution in [1.82, 2.24) is 9.88 Å². The molecule has 3 N–H and O–H groups in total. The quantitative estimate of drug-likeness (QED) is 0.623. The number of nitrogens with zero attached hydrogens (tertiary/aromatic N) is 4. The summed E-state index contributed by atoms with van der Waals surface area (Å²) in [7, 11) is 0. The first-order valence-corrected chi connectivity index (χ1v) is 9.19. The minimum absolute atomic E-state index is 0.113. The van der Waals surface area contributed by atoms with Crippen LogP contribution in [0.4, 0.5) is 11.5 Å². The second-order valence-corrected chi connectivity index (χ2v) is 6.56. The molecule has 0 aliphatic carbocycles. The maximum Gasteiger partial charge on any atom is 0.224 e. The highest BCUT2D eigenvalue weighted by atomic mass is 16.2. The SMILES string of the molecule is Cc1ccc(NC(N)=NCCC(=O)N2CCN(c3ccccn3)CC2)cc1. The summed E-state index contributed by atoms with van der Waals surface area (Å²) in [4.78, 5) is 25.1. The molecule has 1 aromatic carbocycles. The van der Waals surface area contributed by atoms with Crippen molar-refractivity contribution < 1.29 is 4.79 Å². The van der Waals surface area contributed by atoms with E-state index in [-0.39, 0.29) is 5.91 Å². The van der Waals surface area contributed by atoms with Gasteiger partial charge in [-0.25, -0.2) is 4.98 Å². The van der Waals surface area contributed by atoms with E-state index < -0.39 is 0 Å². The second-order valence-electron chi connectivity index (χ2n) is 6.56. The van der Waals surface area contributed by atoms with Crippen molar-refractivity contribution >= 4 is 23.4 Å². The van der Waals surface area contributed by atoms with Crippen molar-refractivity contribution in [3.05, 3.63) is 54.2 Å². The molecular weight excluding hydrogens is 340 g/mol. The van der Waals surface area contributed by atoms with E-state index >= 15 is 0 Å². The lowest BCUT2D eigenvalue weighted by Crippen LogP contribution is -2.49. The highest BCUT2D eigenvalue weighted by molar-refractivity contribution is 5.92. The number of nitrogens with one attached hydrogen (secondary N) is 1. The molecule has 0 saturated carbocycles. The van der Waals surface area contributed by atoms with E-state index in [1.807, 2.05) is 54.3 Å². The second kappa shape index (κ2) is 9.02. The Kier molecular flexibility index (Phi) is 6.25. The zero-order chi connectivity index (χ0) is 19.1. The molecule has 2 heterocycles. The van der Waals surface area contributed by atoms with Crippen LogP contribution < -0.4 is 16.0 Å². The van der Waals surface area contributed by atoms with Crippen LogP contribution in [0.1, 0.15) is 12.0 Å². The first kappa shape index (κ1) is 18.7. The Labute approximate surface area is 159 Å². The first-order chi connectivity index (χ1) is 13.1. The van der Waals surface area contributed by atoms with Gasteiger partial charge in [-0.1, -0.05) is 23.8 Å². The molecule has 0 spiro atoms. The van der Waals surface area contributed by atoms with E-state index in [0.29, 0.717) is 32.0 Å². The van der Waals surface area contributed by atoms with Gasteiger partial charge in [0.15, 0.2) is 5.96 Å². The largest absolute Gasteiger partial charge is 0.370 e. The fourth-order valence-electron chi connectivity index (χ4n) is 2.98. The number of hydrogen-bond donors (Lipinski definition) is 2. The topological polar surface area (TPSA) is 86.8 Å². The number of aromatic nitrogens is 1. The molecule has 1 aromatic heterocycles. The van der Waals surface area contributed by atoms with Crippen LogP contribution in [0.5, 0.6) is 0 Å². The maximum absolute atomic E-state index is 12.4. The lowest BCUT2D eigenvalue weighted by atomic mass is 10.2. The molecule has 0 bridgehead atoms. The molecule has 142 valence electrons. The monoisotopic (exact) mass is 366 g/mol. The first-order valence-electron chi connectivity index (χ1n) is 9.19. The Morgan fingerprint density at radius 1 is 1.15 bits per heavy atom. The zero-order valence-electron chi connectivity index (χ0n) is 15.6. The van der Waals surface area contributed by atoms with E-state index in [4.69, 9.17) is 5.73 Å². The summed E-state index contributed by atoms with van der Waals surface area (Å²) in [5.41, 5.74) is 7.96. The van der Waals surface area contributed by atoms with Gasteiger partial charge in [-0.15, -0.1) is 0 Å². The number of amides is 1. The molecule has 2 aromatic rings. The number of guanidine groups is 1. The lowest BCUT2D eigenvalue weighted by Gasteiger charge is -2.35. The average molecular weight is 366 g/mol. The van der Waals surface area contributed by atoms with Gasteiger partial charge in [0.25, 0.3) is 0 Å². The third-order valence-electron chi connectivity index (χ3n) is 4.54. The molecule has 0 unspecified atom stereocenters. The predicted molar refractivity (Wildman–Crippen MR) is 109 cm³/mol. The lowest BCUT2D eigenvalue weighted by molar-refractivity contribution is -0.131. The molecular formula is C20H26N6O. The Morgan fingerprint density at radius 2 is 1.89 bits per heavy atom. The summed E-state index contributed by atoms with van der Waals surface area (Å²) >= 11 is 0. The smallest absolute Gasteiger partial charge is 0.224 e. The minimum atomic E-state index is 0.113. The molecule has 7 nitrogen and oxygen atoms in total. The Balaban J connectivity index is 1.41. The van der Waals surface area contributed by atoms with Crippen molar-refractivity contribution in [3.63, 3.8) is 0 Å². The summed E-state index contributed by atoms with van der Waals surface area (Å²) in [6.07, 6.45) is 2.15. The number of benzene rings is 1. The molecule has 27 heavy (non-hydrogen) atoms. The standard InChI is InChI=1S/C20H26N6O/c1-16-5-7-17(8-6-16)24-20(21)23-11-9-19(27)26-14-12-25(13-15-26)18-4-2-3-10-22-18/h2-8,10H,9,11-15H2,1H3,(H3,21,23,24). The van der Waals surface area contributed by atoms with Gasteiger partial charge in [0.2, 0.25) is 5.91 Å². The normalized spacial score (nSPS) is 14.9. The van der Waals surface area contributed by atoms with Gasteiger partial charge in [0.05, 0.1) is 6.54 Å². The number of carbonyl (C=O) groups is 1. The molecule has 7 heteroatoms. The highest BCUT2D eigenvalue weighted by Gasteiger charge is 2.21. The summed E-state index contributed by atoms with van der Waals surface area (Å²) in [5, 5.41) is 3.04. The van der Waals surface area contributed by atoms with Crippen LogP contribution in [-0.4, -0.2) is 54.5 Å². The third kappa shape index (κ3) is 5.44. The number of aryl methyl sites for hydroxylation is 1. The van der Waals surface area contributed by atoms with Crippen LogP contribution in [0.3, 0.4) is 0 Å². The van der Waals surface area contributed by atoms with Crippen LogP contribution in [0.2, 0.25) is 0 Å². The van der Waals surface area contributed by atoms with Gasteiger partial charge in [-0.2, -0.15) is 0 Å². The molecule has 0 atom stereocenters. The number of aliphatic imine (C=N–C) groups is 1. The Hall–Kier alpha value is -3.09. The molecule has 1 amide bonds. The van der Waals surface area contributed by atoms with Gasteiger partial charge < -0.3 is 20.9 Å². The van der Waals surface area contributed by atoms with E-state index in [9.17, 15) is 4.79 Å². The number of hydrogen-bond acceptors (Lipinski definition) is 4. The van der Waals surface area contributed by atoms with E-state index in [2.05, 4.69) is 20.2 Å². The predicted octanol–water partition coefficient (Wildman–Crippen LogP) is 1.86. The zero-order valence-corrected chi connectivity index (χ0v) is 15.6. The fraction of sp³-hybridized carbons (Fsp3) is 0.350. The molecule has 1 fully saturated rings. The van der Waals surface area contributed by atoms with E-state index in [0.717, 1.165) is 24.6 Å². The van der Waals surface area contributed by atoms with Crippen LogP contribution in [-0.2, 0) is 4.79 Å². The van der Waals surface area contributed by atoms with Gasteiger partial charge in [0.1, 0.15) is 5.82 Å². The molecule has 1 saturated heterocycles. The number of carbonyl (C=O) groups excluding carboxylic acids is 1. The Morgan fingerprint density at radius 3 is 2.56 bits per heavy atom. The number of piperazine rings is 1. The van der Waals surface area contributed by atoms with Crippen molar-refractivity contribution in [2.75, 3.05) is 42.9 Å². The number of nitrogens with two attached hydrogens (primary N) is 1. The minimum Gasteiger partial charge on any atom is -0.370 e. The summed E-state index contributed by atoms with van der Waals surface area (Å²) in [5.74, 6) is 1.40. The number of anilines is 2. The van der Waals surface area contributed by atoms with Crippen LogP contribution in [0, 0.1) is 6.92 Å². The molecule has 1 aliphatic rings. The van der Waals surface area contributed by atoms with Gasteiger partial charge >= 0.3 is 0 Å². The van der Waals surface area contributed by atoms with Gasteiger partial charge in [-0.05, 0) is 31.2 Å². The van der Waals surface area contributed by atoms with Crippen molar-refractivity contribution in [3.8, 4) is 0 Å². The maximum atomic E-state index is 12.4. The van der Waals surface area contributed by atoms with Crippen LogP contribution in [0.25, 0.3) is 0 Å². The Bertz CT molecular complexity index is 767. The van der Waals surface area contributed by atoms with Crippen molar-refractivity contribution in [2.45, 2.75) is 13.3 Å². The van der Waals surface area contributed by atoms with E-state index in [1.165, 1.54) is 5.56 Å². The highest BCUT2D eigenvalue weighted by Crippen LogP contribution is 2.13. The third-order valence-corrected chi connectivity index (χ3v) is 4.54. The van der Waals surface area contributed by atoms with Gasteiger partial charge in [0, 0.05) is 44.5 Å².